The monoisotopic (exact) mass is 1490 g/mol. The van der Waals surface area contributed by atoms with E-state index in [1.807, 2.05) is 99.9 Å². The van der Waals surface area contributed by atoms with E-state index in [1.165, 1.54) is 22.3 Å². The van der Waals surface area contributed by atoms with Crippen LogP contribution < -0.4 is 21.3 Å². The third-order valence-electron chi connectivity index (χ3n) is 18.9. The molecule has 3 aromatic carbocycles. The number of ether oxygens (including phenoxy) is 11. The van der Waals surface area contributed by atoms with Crippen molar-refractivity contribution in [2.24, 2.45) is 0 Å². The van der Waals surface area contributed by atoms with E-state index in [9.17, 15) is 14.7 Å². The number of nitrogens with zero attached hydrogens (tertiary/aromatic N) is 7. The second kappa shape index (κ2) is 41.1. The Morgan fingerprint density at radius 1 is 0.472 bits per heavy atom. The highest BCUT2D eigenvalue weighted by Gasteiger charge is 2.44. The normalized spacial score (nSPS) is 19.7. The van der Waals surface area contributed by atoms with Gasteiger partial charge in [0.1, 0.15) is 34.5 Å². The van der Waals surface area contributed by atoms with Gasteiger partial charge in [-0.15, -0.1) is 0 Å². The van der Waals surface area contributed by atoms with Gasteiger partial charge in [0.15, 0.2) is 0 Å². The SMILES string of the molecule is CCOCC1(c2ccc(N(C(=O)OC(C)(C)C)C(=O)OC(C)(C)C)nc2COCc2ccccc2)CCOC1.COCC1(c2ccc(N)nc2CN(C)C)CCOC1.COCC1(c2ccc(NCc3ccccc3)nc2CN(C)C)CCOC1.COCC1(c2ccc(NCc3ccccc3)nc2CO)CCOC1. The summed E-state index contributed by atoms with van der Waals surface area (Å²) >= 11 is 0. The molecule has 11 rings (SSSR count). The summed E-state index contributed by atoms with van der Waals surface area (Å²) in [6.07, 6.45) is 1.82. The Kier molecular flexibility index (Phi) is 32.5. The molecule has 4 atom stereocenters. The molecule has 0 bridgehead atoms. The highest BCUT2D eigenvalue weighted by molar-refractivity contribution is 6.08. The van der Waals surface area contributed by atoms with Gasteiger partial charge in [0, 0.05) is 102 Å². The van der Waals surface area contributed by atoms with Crippen LogP contribution in [0.25, 0.3) is 0 Å². The lowest BCUT2D eigenvalue weighted by molar-refractivity contribution is 0.0427. The molecular formula is C84H118N10O14. The number of aliphatic hydroxyl groups excluding tert-OH is 1. The summed E-state index contributed by atoms with van der Waals surface area (Å²) in [4.78, 5) is 50.4. The average Bonchev–Trinajstić information content (AvgIpc) is 1.45. The number of carbonyl (C=O) groups is 2. The second-order valence-corrected chi connectivity index (χ2v) is 30.6. The summed E-state index contributed by atoms with van der Waals surface area (Å²) in [5.41, 5.74) is 14.6. The lowest BCUT2D eigenvalue weighted by Gasteiger charge is -2.31. The van der Waals surface area contributed by atoms with Crippen molar-refractivity contribution in [2.75, 3.05) is 157 Å². The largest absolute Gasteiger partial charge is 0.443 e. The molecule has 4 saturated heterocycles. The van der Waals surface area contributed by atoms with E-state index in [0.29, 0.717) is 103 Å². The summed E-state index contributed by atoms with van der Waals surface area (Å²) in [6, 6.07) is 46.1. The maximum Gasteiger partial charge on any atom is 0.425 e. The Hall–Kier alpha value is -8.08. The highest BCUT2D eigenvalue weighted by Crippen LogP contribution is 2.41. The molecule has 4 aromatic heterocycles. The number of nitrogens with two attached hydrogens (primary N) is 1. The van der Waals surface area contributed by atoms with Crippen LogP contribution in [-0.2, 0) is 120 Å². The number of rotatable bonds is 29. The zero-order valence-electron chi connectivity index (χ0n) is 66.2. The summed E-state index contributed by atoms with van der Waals surface area (Å²) < 4.78 is 62.1. The van der Waals surface area contributed by atoms with Gasteiger partial charge < -0.3 is 83.4 Å². The van der Waals surface area contributed by atoms with Crippen LogP contribution in [0, 0.1) is 0 Å². The minimum absolute atomic E-state index is 0.0825. The first-order valence-electron chi connectivity index (χ1n) is 37.3. The fourth-order valence-electron chi connectivity index (χ4n) is 13.8. The van der Waals surface area contributed by atoms with Crippen molar-refractivity contribution in [3.8, 4) is 0 Å². The molecule has 8 heterocycles. The third-order valence-corrected chi connectivity index (χ3v) is 18.9. The van der Waals surface area contributed by atoms with Crippen molar-refractivity contribution in [3.05, 3.63) is 201 Å². The molecule has 4 aliphatic heterocycles. The minimum atomic E-state index is -0.874. The number of amides is 2. The number of methoxy groups -OCH3 is 3. The van der Waals surface area contributed by atoms with E-state index in [-0.39, 0.29) is 35.3 Å². The van der Waals surface area contributed by atoms with Gasteiger partial charge in [-0.2, -0.15) is 4.90 Å². The summed E-state index contributed by atoms with van der Waals surface area (Å²) in [6.45, 7) is 24.0. The van der Waals surface area contributed by atoms with Gasteiger partial charge in [-0.1, -0.05) is 115 Å². The number of aromatic nitrogens is 4. The number of nitrogens with one attached hydrogen (secondary N) is 2. The van der Waals surface area contributed by atoms with Crippen molar-refractivity contribution in [3.63, 3.8) is 0 Å². The number of imide groups is 1. The number of aliphatic hydroxyl groups is 1. The van der Waals surface area contributed by atoms with E-state index in [0.717, 1.165) is 103 Å². The maximum atomic E-state index is 13.2. The zero-order valence-corrected chi connectivity index (χ0v) is 66.2. The van der Waals surface area contributed by atoms with Crippen LogP contribution in [0.2, 0.25) is 0 Å². The number of benzene rings is 3. The Balaban J connectivity index is 0.000000188. The number of anilines is 4. The fraction of sp³-hybridized carbons (Fsp3) is 0.524. The van der Waals surface area contributed by atoms with Crippen LogP contribution in [-0.4, -0.2) is 194 Å². The molecule has 588 valence electrons. The number of hydrogen-bond acceptors (Lipinski definition) is 23. The topological polar surface area (TPSA) is 267 Å². The molecule has 7 aromatic rings. The molecule has 0 aliphatic carbocycles. The van der Waals surface area contributed by atoms with Crippen molar-refractivity contribution in [2.45, 2.75) is 153 Å². The molecule has 108 heavy (non-hydrogen) atoms. The van der Waals surface area contributed by atoms with E-state index < -0.39 is 28.8 Å². The molecule has 5 N–H and O–H groups in total. The number of nitrogen functional groups attached to an aromatic ring is 1. The second-order valence-electron chi connectivity index (χ2n) is 30.6. The van der Waals surface area contributed by atoms with Crippen molar-refractivity contribution in [1.29, 1.82) is 0 Å². The van der Waals surface area contributed by atoms with Gasteiger partial charge >= 0.3 is 12.2 Å². The average molecular weight is 1490 g/mol. The molecule has 0 saturated carbocycles. The maximum absolute atomic E-state index is 13.2. The van der Waals surface area contributed by atoms with Crippen LogP contribution in [0.3, 0.4) is 0 Å². The van der Waals surface area contributed by atoms with Gasteiger partial charge in [-0.3, -0.25) is 0 Å². The molecule has 0 spiro atoms. The molecule has 4 unspecified atom stereocenters. The lowest BCUT2D eigenvalue weighted by Crippen LogP contribution is -2.44. The van der Waals surface area contributed by atoms with Crippen LogP contribution in [0.5, 0.6) is 0 Å². The molecule has 24 nitrogen and oxygen atoms in total. The molecule has 24 heteroatoms. The first-order chi connectivity index (χ1) is 51.8. The molecule has 2 amide bonds. The zero-order chi connectivity index (χ0) is 77.8. The summed E-state index contributed by atoms with van der Waals surface area (Å²) in [5.74, 6) is 2.32. The Labute approximate surface area is 640 Å². The Morgan fingerprint density at radius 3 is 1.24 bits per heavy atom. The standard InChI is InChI=1S/C30H42N2O7.C21H29N3O2.C19H24N2O3.C14H23N3O2/c1-8-35-20-30(16-17-36-21-30)23-14-15-25(31-24(23)19-37-18-22-12-10-9-11-13-22)32(26(33)38-28(2,3)4)27(34)39-29(5,6)7;1-24(2)14-19-18(21(15-25-3)11-12-26-16-21)9-10-20(23-19)22-13-17-7-5-4-6-8-17;1-23-13-19(9-10-24-14-19)16-7-8-18(21-17(16)12-22)20-11-15-5-3-2-4-6-15;1-17(2)8-12-11(4-5-13(15)16-12)14(9-18-3)6-7-19-10-14/h9-15H,8,16-21H2,1-7H3;4-10H,11-16H2,1-3H3,(H,22,23);2-8,22H,9-14H2,1H3,(H,20,21);4-5H,6-10H2,1-3H3,(H2,15,16). The number of carbonyl (C=O) groups excluding carboxylic acids is 2. The van der Waals surface area contributed by atoms with Gasteiger partial charge in [0.05, 0.1) is 95.5 Å². The van der Waals surface area contributed by atoms with Gasteiger partial charge in [-0.05, 0) is 166 Å². The van der Waals surface area contributed by atoms with Gasteiger partial charge in [0.25, 0.3) is 0 Å². The smallest absolute Gasteiger partial charge is 0.425 e. The first kappa shape index (κ1) is 85.5. The molecule has 4 aliphatic rings. The number of hydrogen-bond donors (Lipinski definition) is 4. The van der Waals surface area contributed by atoms with Crippen molar-refractivity contribution < 1.29 is 66.8 Å². The predicted molar refractivity (Wildman–Crippen MR) is 420 cm³/mol. The van der Waals surface area contributed by atoms with E-state index in [4.69, 9.17) is 67.8 Å². The van der Waals surface area contributed by atoms with Gasteiger partial charge in [0.2, 0.25) is 0 Å². The quantitative estimate of drug-likeness (QED) is 0.0339. The van der Waals surface area contributed by atoms with E-state index in [2.05, 4.69) is 99.1 Å². The summed E-state index contributed by atoms with van der Waals surface area (Å²) in [5, 5.41) is 16.6. The molecule has 4 fully saturated rings. The molecule has 0 radical (unpaired) electrons. The van der Waals surface area contributed by atoms with Crippen LogP contribution >= 0.6 is 0 Å². The highest BCUT2D eigenvalue weighted by atomic mass is 16.6. The van der Waals surface area contributed by atoms with E-state index >= 15 is 0 Å². The van der Waals surface area contributed by atoms with Crippen LogP contribution in [0.1, 0.15) is 136 Å². The van der Waals surface area contributed by atoms with Crippen molar-refractivity contribution in [1.82, 2.24) is 29.7 Å². The third kappa shape index (κ3) is 24.7. The number of pyridine rings is 4. The molecular weight excluding hydrogens is 1370 g/mol. The fourth-order valence-corrected chi connectivity index (χ4v) is 13.8. The minimum Gasteiger partial charge on any atom is -0.443 e. The van der Waals surface area contributed by atoms with Crippen LogP contribution in [0.4, 0.5) is 32.9 Å². The van der Waals surface area contributed by atoms with Crippen molar-refractivity contribution >= 4 is 35.5 Å². The summed E-state index contributed by atoms with van der Waals surface area (Å²) in [7, 11) is 13.4. The van der Waals surface area contributed by atoms with E-state index in [1.54, 1.807) is 68.9 Å². The predicted octanol–water partition coefficient (Wildman–Crippen LogP) is 12.7. The van der Waals surface area contributed by atoms with Gasteiger partial charge in [-0.25, -0.2) is 29.5 Å². The Morgan fingerprint density at radius 2 is 0.852 bits per heavy atom. The lowest BCUT2D eigenvalue weighted by atomic mass is 9.79. The first-order valence-corrected chi connectivity index (χ1v) is 37.3. The Bertz CT molecular complexity index is 3830. The van der Waals surface area contributed by atoms with Crippen LogP contribution in [0.15, 0.2) is 140 Å².